The number of halogens is 1. The number of carbonyl (C=O) groups is 3. The van der Waals surface area contributed by atoms with Gasteiger partial charge < -0.3 is 19.9 Å². The molecule has 6 rings (SSSR count). The van der Waals surface area contributed by atoms with Crippen molar-refractivity contribution in [1.82, 2.24) is 25.1 Å². The Hall–Kier alpha value is -3.89. The van der Waals surface area contributed by atoms with Gasteiger partial charge in [-0.25, -0.2) is 14.8 Å². The molecule has 1 N–H and O–H groups in total. The highest BCUT2D eigenvalue weighted by molar-refractivity contribution is 9.10. The summed E-state index contributed by atoms with van der Waals surface area (Å²) in [5.74, 6) is 0.980. The van der Waals surface area contributed by atoms with Crippen molar-refractivity contribution in [1.29, 1.82) is 0 Å². The van der Waals surface area contributed by atoms with Gasteiger partial charge in [-0.2, -0.15) is 0 Å². The minimum Gasteiger partial charge on any atom is -0.489 e. The van der Waals surface area contributed by atoms with Gasteiger partial charge in [0, 0.05) is 31.0 Å². The third-order valence-electron chi connectivity index (χ3n) is 9.31. The van der Waals surface area contributed by atoms with E-state index in [1.807, 2.05) is 83.8 Å². The van der Waals surface area contributed by atoms with Gasteiger partial charge in [0.25, 0.3) is 0 Å². The first-order valence-electron chi connectivity index (χ1n) is 16.2. The third-order valence-corrected chi connectivity index (χ3v) is 9.84. The number of hydrazine groups is 1. The van der Waals surface area contributed by atoms with Crippen LogP contribution in [0.15, 0.2) is 83.3 Å². The Balaban J connectivity index is 1.21. The van der Waals surface area contributed by atoms with Crippen molar-refractivity contribution in [3.05, 3.63) is 100 Å². The minimum absolute atomic E-state index is 0.0148. The van der Waals surface area contributed by atoms with E-state index in [-0.39, 0.29) is 24.4 Å². The predicted octanol–water partition coefficient (Wildman–Crippen LogP) is 5.59. The summed E-state index contributed by atoms with van der Waals surface area (Å²) in [5, 5.41) is 6.36. The summed E-state index contributed by atoms with van der Waals surface area (Å²) >= 11 is 3.46. The van der Waals surface area contributed by atoms with E-state index in [2.05, 4.69) is 21.2 Å². The van der Waals surface area contributed by atoms with Crippen LogP contribution in [0, 0.1) is 5.92 Å². The van der Waals surface area contributed by atoms with Crippen LogP contribution in [0.3, 0.4) is 0 Å². The van der Waals surface area contributed by atoms with Crippen molar-refractivity contribution in [3.63, 3.8) is 0 Å². The average Bonchev–Trinajstić information content (AvgIpc) is 3.07. The van der Waals surface area contributed by atoms with Gasteiger partial charge in [0.15, 0.2) is 0 Å². The lowest BCUT2D eigenvalue weighted by molar-refractivity contribution is -0.187. The second-order valence-electron chi connectivity index (χ2n) is 12.6. The Bertz CT molecular complexity index is 1500. The molecule has 4 amide bonds. The fourth-order valence-electron chi connectivity index (χ4n) is 6.90. The lowest BCUT2D eigenvalue weighted by Crippen LogP contribution is -2.76. The van der Waals surface area contributed by atoms with Gasteiger partial charge in [-0.1, -0.05) is 89.8 Å². The molecule has 242 valence electrons. The maximum absolute atomic E-state index is 14.2. The zero-order valence-electron chi connectivity index (χ0n) is 26.3. The first-order chi connectivity index (χ1) is 22.4. The number of amides is 4. The van der Waals surface area contributed by atoms with E-state index in [0.717, 1.165) is 39.8 Å². The second kappa shape index (κ2) is 14.7. The molecule has 3 fully saturated rings. The molecule has 0 bridgehead atoms. The molecule has 1 aliphatic carbocycles. The predicted molar refractivity (Wildman–Crippen MR) is 179 cm³/mol. The molecule has 0 spiro atoms. The van der Waals surface area contributed by atoms with Crippen LogP contribution in [0.25, 0.3) is 0 Å². The number of fused-ring (bicyclic) bond motifs is 1. The van der Waals surface area contributed by atoms with E-state index in [1.54, 1.807) is 22.0 Å². The van der Waals surface area contributed by atoms with Crippen LogP contribution in [0.2, 0.25) is 0 Å². The molecule has 3 aromatic carbocycles. The molecule has 0 radical (unpaired) electrons. The highest BCUT2D eigenvalue weighted by Crippen LogP contribution is 2.31. The van der Waals surface area contributed by atoms with Gasteiger partial charge in [-0.05, 0) is 59.7 Å². The van der Waals surface area contributed by atoms with Gasteiger partial charge in [0.2, 0.25) is 11.8 Å². The molecule has 3 aliphatic rings. The standard InChI is InChI=1S/C36H42BrN5O4/c1-39-24-34(43)41-32(20-26-14-18-31(19-15-26)46-25-29-10-6-3-7-11-29)35(44)40(22-28-8-4-2-5-9-28)23-33(41)42(39)36(45)38-21-27-12-16-30(37)17-13-27/h3,6-7,10-19,28,32-33H,2,4-5,8-9,20-25H2,1H3,(H,38,45)/t32-,33-/m1/s1. The summed E-state index contributed by atoms with van der Waals surface area (Å²) in [4.78, 5) is 45.2. The Morgan fingerprint density at radius 2 is 1.59 bits per heavy atom. The van der Waals surface area contributed by atoms with Crippen LogP contribution < -0.4 is 10.1 Å². The molecule has 2 atom stereocenters. The lowest BCUT2D eigenvalue weighted by Gasteiger charge is -2.54. The van der Waals surface area contributed by atoms with Crippen LogP contribution >= 0.6 is 15.9 Å². The Kier molecular flexibility index (Phi) is 10.2. The zero-order chi connectivity index (χ0) is 32.0. The summed E-state index contributed by atoms with van der Waals surface area (Å²) < 4.78 is 6.95. The molecule has 46 heavy (non-hydrogen) atoms. The number of carbonyl (C=O) groups excluding carboxylic acids is 3. The van der Waals surface area contributed by atoms with Crippen molar-refractivity contribution in [2.24, 2.45) is 5.92 Å². The van der Waals surface area contributed by atoms with Crippen LogP contribution in [0.4, 0.5) is 4.79 Å². The normalized spacial score (nSPS) is 20.9. The molecule has 9 nitrogen and oxygen atoms in total. The number of benzene rings is 3. The van der Waals surface area contributed by atoms with E-state index in [1.165, 1.54) is 19.3 Å². The fourth-order valence-corrected chi connectivity index (χ4v) is 7.16. The smallest absolute Gasteiger partial charge is 0.334 e. The zero-order valence-corrected chi connectivity index (χ0v) is 27.9. The number of piperazine rings is 1. The van der Waals surface area contributed by atoms with Crippen LogP contribution in [-0.2, 0) is 29.2 Å². The quantitative estimate of drug-likeness (QED) is 0.317. The largest absolute Gasteiger partial charge is 0.489 e. The molecule has 1 saturated carbocycles. The van der Waals surface area contributed by atoms with Crippen LogP contribution in [0.5, 0.6) is 5.75 Å². The summed E-state index contributed by atoms with van der Waals surface area (Å²) in [6.45, 7) is 1.78. The number of nitrogens with one attached hydrogen (secondary N) is 1. The van der Waals surface area contributed by atoms with Crippen LogP contribution in [0.1, 0.15) is 48.8 Å². The number of urea groups is 1. The maximum Gasteiger partial charge on any atom is 0.334 e. The van der Waals surface area contributed by atoms with Gasteiger partial charge >= 0.3 is 6.03 Å². The number of nitrogens with zero attached hydrogens (tertiary/aromatic N) is 4. The number of likely N-dealkylation sites (N-methyl/N-ethyl adjacent to an activating group) is 1. The van der Waals surface area contributed by atoms with Crippen molar-refractivity contribution in [3.8, 4) is 5.75 Å². The van der Waals surface area contributed by atoms with E-state index in [0.29, 0.717) is 38.6 Å². The summed E-state index contributed by atoms with van der Waals surface area (Å²) in [6, 6.07) is 24.6. The Labute approximate surface area is 279 Å². The van der Waals surface area contributed by atoms with Crippen molar-refractivity contribution in [2.75, 3.05) is 26.7 Å². The molecule has 2 aliphatic heterocycles. The van der Waals surface area contributed by atoms with Gasteiger partial charge in [-0.3, -0.25) is 9.59 Å². The first kappa shape index (κ1) is 32.1. The molecule has 0 unspecified atom stereocenters. The number of hydrogen-bond acceptors (Lipinski definition) is 5. The molecular formula is C36H42BrN5O4. The maximum atomic E-state index is 14.2. The van der Waals surface area contributed by atoms with Gasteiger partial charge in [0.05, 0.1) is 13.1 Å². The lowest BCUT2D eigenvalue weighted by atomic mass is 9.88. The highest BCUT2D eigenvalue weighted by Gasteiger charge is 2.50. The van der Waals surface area contributed by atoms with Crippen molar-refractivity contribution >= 4 is 33.8 Å². The second-order valence-corrected chi connectivity index (χ2v) is 13.5. The Morgan fingerprint density at radius 1 is 0.891 bits per heavy atom. The van der Waals surface area contributed by atoms with Crippen LogP contribution in [-0.4, -0.2) is 76.6 Å². The molecule has 2 saturated heterocycles. The third kappa shape index (κ3) is 7.56. The number of ether oxygens (including phenoxy) is 1. The topological polar surface area (TPSA) is 85.4 Å². The number of rotatable bonds is 9. The van der Waals surface area contributed by atoms with E-state index in [4.69, 9.17) is 4.74 Å². The summed E-state index contributed by atoms with van der Waals surface area (Å²) in [7, 11) is 1.76. The fraction of sp³-hybridized carbons (Fsp3) is 0.417. The summed E-state index contributed by atoms with van der Waals surface area (Å²) in [5.41, 5.74) is 2.99. The SMILES string of the molecule is CN1CC(=O)N2[C@H](Cc3ccc(OCc4ccccc4)cc3)C(=O)N(CC3CCCCC3)C[C@H]2N1C(=O)NCc1ccc(Br)cc1. The molecule has 2 heterocycles. The van der Waals surface area contributed by atoms with Crippen molar-refractivity contribution in [2.45, 2.75) is 63.9 Å². The first-order valence-corrected chi connectivity index (χ1v) is 17.0. The average molecular weight is 689 g/mol. The van der Waals surface area contributed by atoms with E-state index >= 15 is 0 Å². The molecule has 3 aromatic rings. The highest BCUT2D eigenvalue weighted by atomic mass is 79.9. The van der Waals surface area contributed by atoms with E-state index in [9.17, 15) is 14.4 Å². The Morgan fingerprint density at radius 3 is 2.30 bits per heavy atom. The molecule has 0 aromatic heterocycles. The monoisotopic (exact) mass is 687 g/mol. The van der Waals surface area contributed by atoms with Gasteiger partial charge in [-0.15, -0.1) is 0 Å². The molecular weight excluding hydrogens is 646 g/mol. The summed E-state index contributed by atoms with van der Waals surface area (Å²) in [6.07, 6.45) is 5.55. The van der Waals surface area contributed by atoms with Crippen molar-refractivity contribution < 1.29 is 19.1 Å². The van der Waals surface area contributed by atoms with E-state index < -0.39 is 12.2 Å². The van der Waals surface area contributed by atoms with Gasteiger partial charge in [0.1, 0.15) is 24.6 Å². The number of hydrogen-bond donors (Lipinski definition) is 1. The molecule has 10 heteroatoms. The minimum atomic E-state index is -0.707.